The standard InChI is InChI=1S/C20H25ClN2O4S2/c1-3-27-19-11-7-6-10-18(19)23(29(2,25)26)14-20(24)22-12-13-28-15-16-8-4-5-9-17(16)21/h4-11H,3,12-15H2,1-2H3,(H,22,24). The second kappa shape index (κ2) is 11.3. The maximum Gasteiger partial charge on any atom is 0.240 e. The van der Waals surface area contributed by atoms with Crippen molar-refractivity contribution in [1.82, 2.24) is 5.32 Å². The number of ether oxygens (including phenoxy) is 1. The van der Waals surface area contributed by atoms with Gasteiger partial charge < -0.3 is 10.1 Å². The Morgan fingerprint density at radius 3 is 2.55 bits per heavy atom. The Kier molecular flexibility index (Phi) is 9.13. The average molecular weight is 457 g/mol. The smallest absolute Gasteiger partial charge is 0.240 e. The number of carbonyl (C=O) groups excluding carboxylic acids is 1. The van der Waals surface area contributed by atoms with Gasteiger partial charge in [0.25, 0.3) is 0 Å². The molecule has 0 heterocycles. The van der Waals surface area contributed by atoms with Crippen molar-refractivity contribution in [3.05, 3.63) is 59.1 Å². The largest absolute Gasteiger partial charge is 0.492 e. The SMILES string of the molecule is CCOc1ccccc1N(CC(=O)NCCSCc1ccccc1Cl)S(C)(=O)=O. The maximum absolute atomic E-state index is 12.3. The highest BCUT2D eigenvalue weighted by Gasteiger charge is 2.23. The molecule has 6 nitrogen and oxygen atoms in total. The molecule has 29 heavy (non-hydrogen) atoms. The third-order valence-electron chi connectivity index (χ3n) is 3.91. The van der Waals surface area contributed by atoms with E-state index < -0.39 is 10.0 Å². The minimum absolute atomic E-state index is 0.307. The van der Waals surface area contributed by atoms with E-state index in [1.165, 1.54) is 0 Å². The van der Waals surface area contributed by atoms with Crippen LogP contribution in [0.5, 0.6) is 5.75 Å². The number of sulfonamides is 1. The second-order valence-electron chi connectivity index (χ2n) is 6.16. The molecule has 1 N–H and O–H groups in total. The van der Waals surface area contributed by atoms with Gasteiger partial charge in [-0.05, 0) is 30.7 Å². The predicted molar refractivity (Wildman–Crippen MR) is 120 cm³/mol. The van der Waals surface area contributed by atoms with Gasteiger partial charge >= 0.3 is 0 Å². The number of thioether (sulfide) groups is 1. The van der Waals surface area contributed by atoms with Crippen molar-refractivity contribution in [2.75, 3.05) is 36.0 Å². The van der Waals surface area contributed by atoms with Gasteiger partial charge in [0, 0.05) is 23.1 Å². The fraction of sp³-hybridized carbons (Fsp3) is 0.350. The van der Waals surface area contributed by atoms with Gasteiger partial charge in [-0.1, -0.05) is 41.9 Å². The lowest BCUT2D eigenvalue weighted by molar-refractivity contribution is -0.119. The second-order valence-corrected chi connectivity index (χ2v) is 9.58. The van der Waals surface area contributed by atoms with Crippen molar-refractivity contribution in [3.8, 4) is 5.75 Å². The lowest BCUT2D eigenvalue weighted by atomic mass is 10.2. The lowest BCUT2D eigenvalue weighted by Gasteiger charge is -2.24. The summed E-state index contributed by atoms with van der Waals surface area (Å²) in [5.41, 5.74) is 1.39. The van der Waals surface area contributed by atoms with E-state index in [9.17, 15) is 13.2 Å². The molecule has 2 aromatic carbocycles. The Labute approximate surface area is 181 Å². The van der Waals surface area contributed by atoms with Gasteiger partial charge in [0.15, 0.2) is 0 Å². The Morgan fingerprint density at radius 2 is 1.86 bits per heavy atom. The van der Waals surface area contributed by atoms with Gasteiger partial charge in [-0.25, -0.2) is 8.42 Å². The molecule has 2 aromatic rings. The summed E-state index contributed by atoms with van der Waals surface area (Å²) in [6.45, 7) is 2.33. The quantitative estimate of drug-likeness (QED) is 0.523. The van der Waals surface area contributed by atoms with Gasteiger partial charge in [-0.15, -0.1) is 0 Å². The molecule has 0 aliphatic carbocycles. The van der Waals surface area contributed by atoms with Crippen LogP contribution in [-0.2, 0) is 20.6 Å². The van der Waals surface area contributed by atoms with Crippen molar-refractivity contribution < 1.29 is 17.9 Å². The molecule has 0 aromatic heterocycles. The molecule has 0 spiro atoms. The van der Waals surface area contributed by atoms with Crippen LogP contribution in [0.25, 0.3) is 0 Å². The zero-order valence-electron chi connectivity index (χ0n) is 16.4. The number of nitrogens with one attached hydrogen (secondary N) is 1. The molecule has 0 saturated carbocycles. The minimum atomic E-state index is -3.66. The van der Waals surface area contributed by atoms with Gasteiger partial charge in [0.1, 0.15) is 12.3 Å². The summed E-state index contributed by atoms with van der Waals surface area (Å²) >= 11 is 7.77. The molecule has 0 aliphatic rings. The van der Waals surface area contributed by atoms with E-state index in [-0.39, 0.29) is 12.5 Å². The van der Waals surface area contributed by atoms with Gasteiger partial charge in [0.2, 0.25) is 15.9 Å². The summed E-state index contributed by atoms with van der Waals surface area (Å²) < 4.78 is 31.1. The van der Waals surface area contributed by atoms with E-state index in [1.807, 2.05) is 31.2 Å². The van der Waals surface area contributed by atoms with Crippen LogP contribution in [0.15, 0.2) is 48.5 Å². The van der Waals surface area contributed by atoms with Crippen LogP contribution in [0.4, 0.5) is 5.69 Å². The van der Waals surface area contributed by atoms with Crippen molar-refractivity contribution in [2.24, 2.45) is 0 Å². The first-order chi connectivity index (χ1) is 13.8. The maximum atomic E-state index is 12.3. The van der Waals surface area contributed by atoms with Gasteiger partial charge in [0.05, 0.1) is 18.6 Å². The van der Waals surface area contributed by atoms with Crippen LogP contribution in [0.1, 0.15) is 12.5 Å². The highest BCUT2D eigenvalue weighted by atomic mass is 35.5. The van der Waals surface area contributed by atoms with Gasteiger partial charge in [-0.3, -0.25) is 9.10 Å². The van der Waals surface area contributed by atoms with E-state index in [0.717, 1.165) is 26.9 Å². The molecule has 0 fully saturated rings. The highest BCUT2D eigenvalue weighted by Crippen LogP contribution is 2.29. The number of rotatable bonds is 11. The first-order valence-electron chi connectivity index (χ1n) is 9.10. The van der Waals surface area contributed by atoms with Crippen LogP contribution in [0.2, 0.25) is 5.02 Å². The molecule has 0 radical (unpaired) electrons. The Balaban J connectivity index is 1.90. The Bertz CT molecular complexity index is 922. The van der Waals surface area contributed by atoms with E-state index in [2.05, 4.69) is 5.32 Å². The first-order valence-corrected chi connectivity index (χ1v) is 12.5. The summed E-state index contributed by atoms with van der Waals surface area (Å²) in [5, 5.41) is 3.49. The summed E-state index contributed by atoms with van der Waals surface area (Å²) in [6, 6.07) is 14.4. The lowest BCUT2D eigenvalue weighted by Crippen LogP contribution is -2.41. The molecule has 0 unspecified atom stereocenters. The van der Waals surface area contributed by atoms with Crippen LogP contribution >= 0.6 is 23.4 Å². The highest BCUT2D eigenvalue weighted by molar-refractivity contribution is 7.98. The molecule has 0 saturated heterocycles. The Hall–Kier alpha value is -1.90. The zero-order chi connectivity index (χ0) is 21.3. The predicted octanol–water partition coefficient (Wildman–Crippen LogP) is 3.55. The average Bonchev–Trinajstić information content (AvgIpc) is 2.67. The fourth-order valence-corrected chi connectivity index (χ4v) is 4.57. The van der Waals surface area contributed by atoms with Crippen molar-refractivity contribution in [3.63, 3.8) is 0 Å². The monoisotopic (exact) mass is 456 g/mol. The topological polar surface area (TPSA) is 75.7 Å². The minimum Gasteiger partial charge on any atom is -0.492 e. The first kappa shape index (κ1) is 23.4. The van der Waals surface area contributed by atoms with E-state index >= 15 is 0 Å². The molecule has 1 amide bonds. The van der Waals surface area contributed by atoms with E-state index in [0.29, 0.717) is 30.3 Å². The molecule has 0 bridgehead atoms. The number of amides is 1. The van der Waals surface area contributed by atoms with Crippen molar-refractivity contribution in [2.45, 2.75) is 12.7 Å². The van der Waals surface area contributed by atoms with Crippen LogP contribution in [0.3, 0.4) is 0 Å². The third-order valence-corrected chi connectivity index (χ3v) is 6.41. The number of halogens is 1. The van der Waals surface area contributed by atoms with Crippen LogP contribution in [0, 0.1) is 0 Å². The van der Waals surface area contributed by atoms with Crippen molar-refractivity contribution in [1.29, 1.82) is 0 Å². The number of nitrogens with zero attached hydrogens (tertiary/aromatic N) is 1. The van der Waals surface area contributed by atoms with Gasteiger partial charge in [-0.2, -0.15) is 11.8 Å². The summed E-state index contributed by atoms with van der Waals surface area (Å²) in [5.74, 6) is 1.47. The van der Waals surface area contributed by atoms with Crippen LogP contribution < -0.4 is 14.4 Å². The van der Waals surface area contributed by atoms with Crippen molar-refractivity contribution >= 4 is 45.0 Å². The molecule has 0 aliphatic heterocycles. The summed E-state index contributed by atoms with van der Waals surface area (Å²) in [4.78, 5) is 12.3. The molecule has 0 atom stereocenters. The summed E-state index contributed by atoms with van der Waals surface area (Å²) in [6.07, 6.45) is 1.07. The summed E-state index contributed by atoms with van der Waals surface area (Å²) in [7, 11) is -3.66. The molecular formula is C20H25ClN2O4S2. The third kappa shape index (κ3) is 7.45. The fourth-order valence-electron chi connectivity index (χ4n) is 2.57. The van der Waals surface area contributed by atoms with Crippen LogP contribution in [-0.4, -0.2) is 46.0 Å². The Morgan fingerprint density at radius 1 is 1.17 bits per heavy atom. The number of para-hydroxylation sites is 2. The normalized spacial score (nSPS) is 11.1. The molecule has 9 heteroatoms. The number of benzene rings is 2. The number of carbonyl (C=O) groups is 1. The molecule has 158 valence electrons. The molecular weight excluding hydrogens is 432 g/mol. The molecule has 2 rings (SSSR count). The zero-order valence-corrected chi connectivity index (χ0v) is 18.8. The van der Waals surface area contributed by atoms with E-state index in [4.69, 9.17) is 16.3 Å². The van der Waals surface area contributed by atoms with E-state index in [1.54, 1.807) is 36.0 Å². The number of anilines is 1. The number of hydrogen-bond acceptors (Lipinski definition) is 5. The number of hydrogen-bond donors (Lipinski definition) is 1.